The van der Waals surface area contributed by atoms with E-state index in [0.29, 0.717) is 29.7 Å². The second-order valence-corrected chi connectivity index (χ2v) is 7.90. The highest BCUT2D eigenvalue weighted by molar-refractivity contribution is 7.09. The van der Waals surface area contributed by atoms with Crippen LogP contribution in [0.25, 0.3) is 22.3 Å². The Morgan fingerprint density at radius 2 is 2.00 bits per heavy atom. The van der Waals surface area contributed by atoms with Gasteiger partial charge in [-0.2, -0.15) is 0 Å². The quantitative estimate of drug-likeness (QED) is 0.343. The number of nitrogens with zero attached hydrogens (tertiary/aromatic N) is 3. The molecule has 0 bridgehead atoms. The molecule has 0 spiro atoms. The molecule has 8 nitrogen and oxygen atoms in total. The molecule has 2 N–H and O–H groups in total. The number of nitrogens with one attached hydrogen (secondary N) is 2. The third-order valence-electron chi connectivity index (χ3n) is 4.93. The molecule has 0 atom stereocenters. The van der Waals surface area contributed by atoms with Crippen molar-refractivity contribution in [3.05, 3.63) is 79.4 Å². The number of amides is 1. The third-order valence-corrected chi connectivity index (χ3v) is 5.84. The molecular weight excluding hydrogens is 414 g/mol. The summed E-state index contributed by atoms with van der Waals surface area (Å²) in [7, 11) is 0. The zero-order chi connectivity index (χ0) is 21.8. The summed E-state index contributed by atoms with van der Waals surface area (Å²) in [6.07, 6.45) is 5.01. The maximum atomic E-state index is 12.5. The smallest absolute Gasteiger partial charge is 0.316 e. The molecular formula is C22H21N5O3S. The zero-order valence-corrected chi connectivity index (χ0v) is 17.7. The first-order chi connectivity index (χ1) is 15.1. The van der Waals surface area contributed by atoms with Crippen LogP contribution in [0.3, 0.4) is 0 Å². The largest absolute Gasteiger partial charge is 0.352 e. The summed E-state index contributed by atoms with van der Waals surface area (Å²) in [6, 6.07) is 8.79. The van der Waals surface area contributed by atoms with Crippen molar-refractivity contribution in [2.75, 3.05) is 6.54 Å². The number of hydrogen-bond acceptors (Lipinski definition) is 6. The van der Waals surface area contributed by atoms with Crippen LogP contribution in [-0.4, -0.2) is 32.0 Å². The fraction of sp³-hybridized carbons (Fsp3) is 0.227. The van der Waals surface area contributed by atoms with Gasteiger partial charge in [0.05, 0.1) is 21.7 Å². The lowest BCUT2D eigenvalue weighted by Crippen LogP contribution is -2.36. The van der Waals surface area contributed by atoms with Gasteiger partial charge in [0.25, 0.3) is 5.91 Å². The molecule has 9 heteroatoms. The molecule has 4 rings (SSSR count). The van der Waals surface area contributed by atoms with E-state index in [4.69, 9.17) is 0 Å². The van der Waals surface area contributed by atoms with Crippen molar-refractivity contribution < 1.29 is 4.79 Å². The highest BCUT2D eigenvalue weighted by atomic mass is 32.1. The molecule has 0 fully saturated rings. The Morgan fingerprint density at radius 3 is 2.77 bits per heavy atom. The number of thiazole rings is 1. The van der Waals surface area contributed by atoms with Gasteiger partial charge in [0.1, 0.15) is 0 Å². The van der Waals surface area contributed by atoms with Gasteiger partial charge in [0.15, 0.2) is 0 Å². The Balaban J connectivity index is 1.36. The second-order valence-electron chi connectivity index (χ2n) is 6.96. The van der Waals surface area contributed by atoms with Crippen LogP contribution in [0, 0.1) is 0 Å². The van der Waals surface area contributed by atoms with Crippen molar-refractivity contribution in [1.29, 1.82) is 0 Å². The fourth-order valence-corrected chi connectivity index (χ4v) is 4.21. The summed E-state index contributed by atoms with van der Waals surface area (Å²) in [5.41, 5.74) is 2.17. The van der Waals surface area contributed by atoms with Crippen molar-refractivity contribution in [3.63, 3.8) is 0 Å². The summed E-state index contributed by atoms with van der Waals surface area (Å²) < 4.78 is 1.39. The molecule has 0 aliphatic carbocycles. The number of rotatable bonds is 7. The van der Waals surface area contributed by atoms with Gasteiger partial charge in [-0.25, -0.2) is 4.98 Å². The van der Waals surface area contributed by atoms with Gasteiger partial charge in [-0.15, -0.1) is 11.3 Å². The molecule has 0 saturated heterocycles. The van der Waals surface area contributed by atoms with Gasteiger partial charge in [-0.05, 0) is 43.7 Å². The number of aromatic amines is 1. The van der Waals surface area contributed by atoms with E-state index in [1.807, 2.05) is 17.5 Å². The molecule has 0 radical (unpaired) electrons. The maximum Gasteiger partial charge on any atom is 0.316 e. The van der Waals surface area contributed by atoms with Crippen molar-refractivity contribution in [2.24, 2.45) is 0 Å². The molecule has 1 amide bonds. The fourth-order valence-electron chi connectivity index (χ4n) is 3.36. The Kier molecular flexibility index (Phi) is 6.03. The van der Waals surface area contributed by atoms with E-state index in [9.17, 15) is 14.4 Å². The van der Waals surface area contributed by atoms with Gasteiger partial charge < -0.3 is 14.9 Å². The Hall–Kier alpha value is -3.59. The van der Waals surface area contributed by atoms with E-state index in [2.05, 4.69) is 20.3 Å². The molecule has 0 aliphatic heterocycles. The summed E-state index contributed by atoms with van der Waals surface area (Å²) in [4.78, 5) is 47.5. The minimum absolute atomic E-state index is 0.228. The summed E-state index contributed by atoms with van der Waals surface area (Å²) >= 11 is 1.60. The summed E-state index contributed by atoms with van der Waals surface area (Å²) in [5.74, 6) is -0.228. The van der Waals surface area contributed by atoms with Crippen LogP contribution in [0.5, 0.6) is 0 Å². The topological polar surface area (TPSA) is 110 Å². The Morgan fingerprint density at radius 1 is 1.19 bits per heavy atom. The molecule has 4 aromatic rings. The molecule has 3 aromatic heterocycles. The van der Waals surface area contributed by atoms with Crippen LogP contribution in [0.2, 0.25) is 0 Å². The lowest BCUT2D eigenvalue weighted by atomic mass is 10.1. The second kappa shape index (κ2) is 9.05. The number of pyridine rings is 1. The van der Waals surface area contributed by atoms with E-state index in [0.717, 1.165) is 29.1 Å². The number of aromatic nitrogens is 4. The van der Waals surface area contributed by atoms with Crippen LogP contribution in [0.15, 0.2) is 57.7 Å². The lowest BCUT2D eigenvalue weighted by Gasteiger charge is -2.09. The molecule has 158 valence electrons. The first-order valence-corrected chi connectivity index (χ1v) is 10.8. The SMILES string of the molecule is CCn1c(=O)c(=O)[nH]c2cc(C(=O)NCCCc3nc(-c4ccncc4)cs3)ccc21. The minimum atomic E-state index is -0.693. The molecule has 1 aromatic carbocycles. The Labute approximate surface area is 181 Å². The van der Waals surface area contributed by atoms with E-state index in [-0.39, 0.29) is 5.91 Å². The normalized spacial score (nSPS) is 11.0. The Bertz CT molecular complexity index is 1340. The first-order valence-electron chi connectivity index (χ1n) is 9.96. The van der Waals surface area contributed by atoms with Gasteiger partial charge in [-0.1, -0.05) is 0 Å². The lowest BCUT2D eigenvalue weighted by molar-refractivity contribution is 0.0953. The van der Waals surface area contributed by atoms with Crippen molar-refractivity contribution in [1.82, 2.24) is 24.8 Å². The number of fused-ring (bicyclic) bond motifs is 1. The number of carbonyl (C=O) groups excluding carboxylic acids is 1. The van der Waals surface area contributed by atoms with Gasteiger partial charge in [-0.3, -0.25) is 19.4 Å². The average Bonchev–Trinajstić information content (AvgIpc) is 3.27. The van der Waals surface area contributed by atoms with Gasteiger partial charge in [0, 0.05) is 48.4 Å². The number of carbonyl (C=O) groups is 1. The molecule has 0 unspecified atom stereocenters. The highest BCUT2D eigenvalue weighted by Gasteiger charge is 2.11. The first kappa shape index (κ1) is 20.7. The van der Waals surface area contributed by atoms with Crippen molar-refractivity contribution in [3.8, 4) is 11.3 Å². The summed E-state index contributed by atoms with van der Waals surface area (Å²) in [6.45, 7) is 2.68. The van der Waals surface area contributed by atoms with Crippen LogP contribution in [-0.2, 0) is 13.0 Å². The van der Waals surface area contributed by atoms with E-state index >= 15 is 0 Å². The van der Waals surface area contributed by atoms with Crippen molar-refractivity contribution >= 4 is 28.3 Å². The van der Waals surface area contributed by atoms with Crippen LogP contribution < -0.4 is 16.4 Å². The average molecular weight is 436 g/mol. The third kappa shape index (κ3) is 4.46. The molecule has 31 heavy (non-hydrogen) atoms. The van der Waals surface area contributed by atoms with Gasteiger partial charge >= 0.3 is 11.1 Å². The highest BCUT2D eigenvalue weighted by Crippen LogP contribution is 2.21. The van der Waals surface area contributed by atoms with E-state index in [1.165, 1.54) is 4.57 Å². The number of hydrogen-bond donors (Lipinski definition) is 2. The van der Waals surface area contributed by atoms with Crippen LogP contribution >= 0.6 is 11.3 Å². The summed E-state index contributed by atoms with van der Waals surface area (Å²) in [5, 5.41) is 5.93. The molecule has 0 aliphatic rings. The molecule has 0 saturated carbocycles. The number of aryl methyl sites for hydroxylation is 2. The van der Waals surface area contributed by atoms with E-state index in [1.54, 1.807) is 48.9 Å². The zero-order valence-electron chi connectivity index (χ0n) is 16.9. The molecule has 3 heterocycles. The predicted molar refractivity (Wildman–Crippen MR) is 121 cm³/mol. The van der Waals surface area contributed by atoms with Crippen molar-refractivity contribution in [2.45, 2.75) is 26.3 Å². The standard InChI is InChI=1S/C22H21N5O3S/c1-2-27-18-6-5-15(12-16(18)26-21(29)22(27)30)20(28)24-9-3-4-19-25-17(13-31-19)14-7-10-23-11-8-14/h5-8,10-13H,2-4,9H2,1H3,(H,24,28)(H,26,29). The number of benzene rings is 1. The van der Waals surface area contributed by atoms with E-state index < -0.39 is 11.1 Å². The maximum absolute atomic E-state index is 12.5. The predicted octanol–water partition coefficient (Wildman–Crippen LogP) is 2.59. The minimum Gasteiger partial charge on any atom is -0.352 e. The van der Waals surface area contributed by atoms with Crippen LogP contribution in [0.1, 0.15) is 28.7 Å². The van der Waals surface area contributed by atoms with Crippen LogP contribution in [0.4, 0.5) is 0 Å². The van der Waals surface area contributed by atoms with Gasteiger partial charge in [0.2, 0.25) is 0 Å². The monoisotopic (exact) mass is 435 g/mol. The number of H-pyrrole nitrogens is 1.